The number of ether oxygens (including phenoxy) is 2. The van der Waals surface area contributed by atoms with Gasteiger partial charge < -0.3 is 30.4 Å². The van der Waals surface area contributed by atoms with Gasteiger partial charge in [-0.2, -0.15) is 0 Å². The fraction of sp³-hybridized carbons (Fsp3) is 0.250. The van der Waals surface area contributed by atoms with Gasteiger partial charge in [0.2, 0.25) is 5.91 Å². The Morgan fingerprint density at radius 3 is 2.35 bits per heavy atom. The van der Waals surface area contributed by atoms with Crippen molar-refractivity contribution < 1.29 is 23.5 Å². The van der Waals surface area contributed by atoms with Gasteiger partial charge in [-0.1, -0.05) is 78.9 Å². The second kappa shape index (κ2) is 14.4. The third-order valence-corrected chi connectivity index (χ3v) is 8.29. The Morgan fingerprint density at radius 1 is 0.978 bits per heavy atom. The smallest absolute Gasteiger partial charge is 0.407 e. The summed E-state index contributed by atoms with van der Waals surface area (Å²) in [6.07, 6.45) is 0.641. The van der Waals surface area contributed by atoms with E-state index in [2.05, 4.69) is 25.9 Å². The van der Waals surface area contributed by atoms with Crippen LogP contribution < -0.4 is 16.0 Å². The van der Waals surface area contributed by atoms with Gasteiger partial charge in [0.1, 0.15) is 17.7 Å². The normalized spacial score (nSPS) is 17.0. The second-order valence-corrected chi connectivity index (χ2v) is 11.3. The lowest BCUT2D eigenvalue weighted by molar-refractivity contribution is -0.118. The van der Waals surface area contributed by atoms with Crippen LogP contribution in [0, 0.1) is 5.82 Å². The minimum atomic E-state index is -0.956. The number of morpholine rings is 1. The zero-order valence-electron chi connectivity index (χ0n) is 25.4. The molecule has 2 amide bonds. The summed E-state index contributed by atoms with van der Waals surface area (Å²) in [6.45, 7) is 1.04. The Hall–Kier alpha value is -5.06. The zero-order valence-corrected chi connectivity index (χ0v) is 25.4. The lowest BCUT2D eigenvalue weighted by atomic mass is 9.84. The van der Waals surface area contributed by atoms with Crippen LogP contribution in [0.2, 0.25) is 0 Å². The molecule has 0 saturated carbocycles. The number of methoxy groups -OCH3 is 1. The van der Waals surface area contributed by atoms with E-state index in [0.29, 0.717) is 42.1 Å². The minimum Gasteiger partial charge on any atom is -0.453 e. The maximum absolute atomic E-state index is 14.0. The monoisotopic (exact) mass is 621 g/mol. The predicted octanol–water partition coefficient (Wildman–Crippen LogP) is 5.86. The molecule has 0 aliphatic carbocycles. The third kappa shape index (κ3) is 7.25. The first-order valence-corrected chi connectivity index (χ1v) is 15.3. The molecule has 4 aromatic carbocycles. The van der Waals surface area contributed by atoms with Crippen molar-refractivity contribution in [1.82, 2.24) is 20.6 Å². The standard InChI is InChI=1S/C36H36FN5O4/c1-45-36(44)42-33(32(24-11-4-2-5-12-24)25-13-6-3-7-14-25)35(43)41-28-15-9-8-10-23(28)16-18-27-21-38-31(22-46-27)34-39-29-19-17-26(37)20-30(29)40-34/h2-15,17,19-20,27,31-33,38H,16,18,21-22H2,1H3,(H,39,40)(H,41,43)(H,42,44)/t27-,31+,33?/m1/s1. The molecule has 1 fully saturated rings. The van der Waals surface area contributed by atoms with Crippen LogP contribution in [-0.4, -0.2) is 54.4 Å². The number of aryl methyl sites for hydroxylation is 1. The first kappa shape index (κ1) is 30.9. The number of aromatic nitrogens is 2. The van der Waals surface area contributed by atoms with Gasteiger partial charge in [0.15, 0.2) is 0 Å². The summed E-state index contributed by atoms with van der Waals surface area (Å²) >= 11 is 0. The van der Waals surface area contributed by atoms with Crippen molar-refractivity contribution in [3.8, 4) is 0 Å². The number of H-pyrrole nitrogens is 1. The third-order valence-electron chi connectivity index (χ3n) is 8.29. The molecular formula is C36H36FN5O4. The van der Waals surface area contributed by atoms with Crippen molar-refractivity contribution in [2.24, 2.45) is 0 Å². The number of benzene rings is 4. The van der Waals surface area contributed by atoms with Gasteiger partial charge in [-0.05, 0) is 53.8 Å². The predicted molar refractivity (Wildman–Crippen MR) is 174 cm³/mol. The van der Waals surface area contributed by atoms with Gasteiger partial charge >= 0.3 is 6.09 Å². The number of hydrogen-bond donors (Lipinski definition) is 4. The fourth-order valence-electron chi connectivity index (χ4n) is 5.92. The van der Waals surface area contributed by atoms with E-state index in [9.17, 15) is 14.0 Å². The Labute approximate surface area is 266 Å². The van der Waals surface area contributed by atoms with Crippen molar-refractivity contribution in [1.29, 1.82) is 0 Å². The maximum Gasteiger partial charge on any atom is 0.407 e. The SMILES string of the molecule is COC(=O)NC(C(=O)Nc1ccccc1CC[C@@H]1CN[C@H](c2nc3ccc(F)cc3[nH]2)CO1)C(c1ccccc1)c1ccccc1. The zero-order chi connectivity index (χ0) is 31.9. The van der Waals surface area contributed by atoms with Crippen LogP contribution in [0.15, 0.2) is 103 Å². The molecule has 3 atom stereocenters. The molecule has 46 heavy (non-hydrogen) atoms. The quantitative estimate of drug-likeness (QED) is 0.155. The van der Waals surface area contributed by atoms with Crippen LogP contribution in [0.3, 0.4) is 0 Å². The van der Waals surface area contributed by atoms with Gasteiger partial charge in [0.05, 0.1) is 36.9 Å². The molecule has 1 unspecified atom stereocenters. The van der Waals surface area contributed by atoms with Crippen molar-refractivity contribution in [3.05, 3.63) is 131 Å². The Morgan fingerprint density at radius 2 is 1.67 bits per heavy atom. The van der Waals surface area contributed by atoms with Crippen molar-refractivity contribution in [2.75, 3.05) is 25.6 Å². The van der Waals surface area contributed by atoms with Crippen LogP contribution in [0.4, 0.5) is 14.9 Å². The Bertz CT molecular complexity index is 1730. The number of amides is 2. The number of imidazole rings is 1. The Balaban J connectivity index is 1.14. The molecule has 236 valence electrons. The highest BCUT2D eigenvalue weighted by atomic mass is 19.1. The summed E-state index contributed by atoms with van der Waals surface area (Å²) in [6, 6.07) is 30.3. The average molecular weight is 622 g/mol. The summed E-state index contributed by atoms with van der Waals surface area (Å²) in [7, 11) is 1.28. The van der Waals surface area contributed by atoms with E-state index in [1.54, 1.807) is 6.07 Å². The van der Waals surface area contributed by atoms with Crippen molar-refractivity contribution in [3.63, 3.8) is 0 Å². The molecule has 0 spiro atoms. The molecule has 1 aliphatic rings. The largest absolute Gasteiger partial charge is 0.453 e. The highest BCUT2D eigenvalue weighted by Gasteiger charge is 2.33. The highest BCUT2D eigenvalue weighted by molar-refractivity contribution is 5.98. The van der Waals surface area contributed by atoms with Gasteiger partial charge in [-0.3, -0.25) is 4.79 Å². The van der Waals surface area contributed by atoms with Gasteiger partial charge in [-0.25, -0.2) is 14.2 Å². The molecule has 1 aliphatic heterocycles. The van der Waals surface area contributed by atoms with E-state index < -0.39 is 18.1 Å². The number of aromatic amines is 1. The van der Waals surface area contributed by atoms with Crippen molar-refractivity contribution in [2.45, 2.75) is 36.9 Å². The van der Waals surface area contributed by atoms with E-state index in [0.717, 1.165) is 23.1 Å². The number of para-hydroxylation sites is 1. The number of halogens is 1. The van der Waals surface area contributed by atoms with E-state index in [4.69, 9.17) is 9.47 Å². The summed E-state index contributed by atoms with van der Waals surface area (Å²) in [5.74, 6) is -0.421. The lowest BCUT2D eigenvalue weighted by Gasteiger charge is -2.30. The van der Waals surface area contributed by atoms with Crippen LogP contribution in [0.25, 0.3) is 11.0 Å². The van der Waals surface area contributed by atoms with Crippen molar-refractivity contribution >= 4 is 28.7 Å². The summed E-state index contributed by atoms with van der Waals surface area (Å²) in [5, 5.41) is 9.37. The molecule has 0 radical (unpaired) electrons. The number of nitrogens with zero attached hydrogens (tertiary/aromatic N) is 1. The van der Waals surface area contributed by atoms with Gasteiger partial charge in [0.25, 0.3) is 0 Å². The number of anilines is 1. The van der Waals surface area contributed by atoms with E-state index in [1.807, 2.05) is 84.9 Å². The molecule has 1 saturated heterocycles. The molecular weight excluding hydrogens is 585 g/mol. The number of alkyl carbamates (subject to hydrolysis) is 1. The van der Waals surface area contributed by atoms with Crippen LogP contribution in [0.5, 0.6) is 0 Å². The van der Waals surface area contributed by atoms with Crippen LogP contribution in [0.1, 0.15) is 40.9 Å². The second-order valence-electron chi connectivity index (χ2n) is 11.3. The molecule has 4 N–H and O–H groups in total. The molecule has 5 aromatic rings. The highest BCUT2D eigenvalue weighted by Crippen LogP contribution is 2.30. The van der Waals surface area contributed by atoms with Crippen LogP contribution in [-0.2, 0) is 20.7 Å². The molecule has 9 nitrogen and oxygen atoms in total. The number of fused-ring (bicyclic) bond motifs is 1. The molecule has 0 bridgehead atoms. The molecule has 2 heterocycles. The van der Waals surface area contributed by atoms with Gasteiger partial charge in [-0.15, -0.1) is 0 Å². The number of carbonyl (C=O) groups is 2. The Kier molecular flexibility index (Phi) is 9.66. The maximum atomic E-state index is 14.0. The molecule has 6 rings (SSSR count). The number of rotatable bonds is 10. The van der Waals surface area contributed by atoms with Gasteiger partial charge in [0, 0.05) is 18.2 Å². The number of nitrogens with one attached hydrogen (secondary N) is 4. The summed E-state index contributed by atoms with van der Waals surface area (Å²) < 4.78 is 24.7. The minimum absolute atomic E-state index is 0.0453. The number of hydrogen-bond acceptors (Lipinski definition) is 6. The first-order chi connectivity index (χ1) is 22.5. The summed E-state index contributed by atoms with van der Waals surface area (Å²) in [4.78, 5) is 34.3. The molecule has 1 aromatic heterocycles. The molecule has 10 heteroatoms. The first-order valence-electron chi connectivity index (χ1n) is 15.3. The van der Waals surface area contributed by atoms with Crippen LogP contribution >= 0.6 is 0 Å². The summed E-state index contributed by atoms with van der Waals surface area (Å²) in [5.41, 5.74) is 4.75. The number of carbonyl (C=O) groups excluding carboxylic acids is 2. The van der Waals surface area contributed by atoms with E-state index in [-0.39, 0.29) is 23.9 Å². The topological polar surface area (TPSA) is 117 Å². The van der Waals surface area contributed by atoms with E-state index in [1.165, 1.54) is 19.2 Å². The fourth-order valence-corrected chi connectivity index (χ4v) is 5.92. The average Bonchev–Trinajstić information content (AvgIpc) is 3.52. The van der Waals surface area contributed by atoms with E-state index >= 15 is 0 Å². The lowest BCUT2D eigenvalue weighted by Crippen LogP contribution is -2.48.